The van der Waals surface area contributed by atoms with Crippen LogP contribution in [0.25, 0.3) is 0 Å². The van der Waals surface area contributed by atoms with Crippen LogP contribution in [0.4, 0.5) is 5.82 Å². The molecule has 0 aliphatic heterocycles. The largest absolute Gasteiger partial charge is 0.394 e. The third-order valence-electron chi connectivity index (χ3n) is 4.45. The molecule has 2 N–H and O–H groups in total. The lowest BCUT2D eigenvalue weighted by Crippen LogP contribution is -2.44. The van der Waals surface area contributed by atoms with Crippen LogP contribution in [0.5, 0.6) is 0 Å². The lowest BCUT2D eigenvalue weighted by Gasteiger charge is -2.37. The summed E-state index contributed by atoms with van der Waals surface area (Å²) in [4.78, 5) is 0. The van der Waals surface area contributed by atoms with Gasteiger partial charge in [0.25, 0.3) is 0 Å². The molecule has 1 aromatic rings. The van der Waals surface area contributed by atoms with Gasteiger partial charge in [0, 0.05) is 0 Å². The van der Waals surface area contributed by atoms with Gasteiger partial charge in [-0.05, 0) is 31.2 Å². The van der Waals surface area contributed by atoms with E-state index in [2.05, 4.69) is 21.6 Å². The maximum absolute atomic E-state index is 9.80. The van der Waals surface area contributed by atoms with E-state index in [1.165, 1.54) is 6.42 Å². The molecule has 0 radical (unpaired) electrons. The maximum Gasteiger partial charge on any atom is 0.167 e. The Hall–Kier alpha value is -1.67. The minimum atomic E-state index is -0.350. The number of aliphatic hydroxyl groups is 1. The normalized spacial score (nSPS) is 17.2. The van der Waals surface area contributed by atoms with Gasteiger partial charge < -0.3 is 10.4 Å². The number of aliphatic hydroxyl groups excluding tert-OH is 1. The molecule has 1 aromatic heterocycles. The number of nitrogens with one attached hydrogen (secondary N) is 1. The summed E-state index contributed by atoms with van der Waals surface area (Å²) in [6.07, 6.45) is 6.75. The quantitative estimate of drug-likeness (QED) is 0.870. The molecule has 1 heterocycles. The molecule has 1 fully saturated rings. The summed E-state index contributed by atoms with van der Waals surface area (Å²) in [7, 11) is 0. The van der Waals surface area contributed by atoms with Gasteiger partial charge in [-0.3, -0.25) is 0 Å². The first-order chi connectivity index (χ1) is 10.2. The maximum atomic E-state index is 9.80. The lowest BCUT2D eigenvalue weighted by molar-refractivity contribution is 0.172. The predicted molar refractivity (Wildman–Crippen MR) is 82.0 cm³/mol. The fourth-order valence-corrected chi connectivity index (χ4v) is 3.18. The highest BCUT2D eigenvalue weighted by Gasteiger charge is 2.32. The molecule has 5 heteroatoms. The SMILES string of the molecule is CCc1nnc(NC2(CO)CCCCC2)c(C#N)c1CC. The Kier molecular flexibility index (Phi) is 5.13. The summed E-state index contributed by atoms with van der Waals surface area (Å²) in [5.74, 6) is 0.530. The van der Waals surface area contributed by atoms with Crippen LogP contribution in [-0.4, -0.2) is 27.4 Å². The van der Waals surface area contributed by atoms with Crippen LogP contribution in [-0.2, 0) is 12.8 Å². The van der Waals surface area contributed by atoms with Crippen LogP contribution in [0, 0.1) is 11.3 Å². The minimum Gasteiger partial charge on any atom is -0.394 e. The molecule has 5 nitrogen and oxygen atoms in total. The molecule has 2 rings (SSSR count). The van der Waals surface area contributed by atoms with E-state index in [4.69, 9.17) is 0 Å². The predicted octanol–water partition coefficient (Wildman–Crippen LogP) is 2.58. The average Bonchev–Trinajstić information content (AvgIpc) is 2.55. The first kappa shape index (κ1) is 15.7. The van der Waals surface area contributed by atoms with Crippen molar-refractivity contribution < 1.29 is 5.11 Å². The van der Waals surface area contributed by atoms with E-state index in [0.717, 1.165) is 49.8 Å². The highest BCUT2D eigenvalue weighted by Crippen LogP contribution is 2.32. The Labute approximate surface area is 126 Å². The molecule has 0 amide bonds. The molecule has 0 spiro atoms. The van der Waals surface area contributed by atoms with Crippen LogP contribution in [0.15, 0.2) is 0 Å². The van der Waals surface area contributed by atoms with Gasteiger partial charge >= 0.3 is 0 Å². The van der Waals surface area contributed by atoms with Gasteiger partial charge in [-0.2, -0.15) is 10.4 Å². The summed E-state index contributed by atoms with van der Waals surface area (Å²) >= 11 is 0. The summed E-state index contributed by atoms with van der Waals surface area (Å²) < 4.78 is 0. The van der Waals surface area contributed by atoms with Crippen molar-refractivity contribution in [2.24, 2.45) is 0 Å². The third kappa shape index (κ3) is 3.16. The smallest absolute Gasteiger partial charge is 0.167 e. The zero-order valence-corrected chi connectivity index (χ0v) is 12.9. The number of nitrogens with zero attached hydrogens (tertiary/aromatic N) is 3. The monoisotopic (exact) mass is 288 g/mol. The summed E-state index contributed by atoms with van der Waals surface area (Å²) in [5, 5.41) is 31.1. The number of hydrogen-bond donors (Lipinski definition) is 2. The fourth-order valence-electron chi connectivity index (χ4n) is 3.18. The summed E-state index contributed by atoms with van der Waals surface area (Å²) in [6.45, 7) is 4.12. The van der Waals surface area contributed by atoms with Crippen molar-refractivity contribution in [1.82, 2.24) is 10.2 Å². The number of aryl methyl sites for hydroxylation is 1. The molecule has 0 aromatic carbocycles. The fraction of sp³-hybridized carbons (Fsp3) is 0.688. The van der Waals surface area contributed by atoms with Crippen LogP contribution in [0.2, 0.25) is 0 Å². The number of hydrogen-bond acceptors (Lipinski definition) is 5. The third-order valence-corrected chi connectivity index (χ3v) is 4.45. The number of aromatic nitrogens is 2. The van der Waals surface area contributed by atoms with Crippen molar-refractivity contribution >= 4 is 5.82 Å². The molecule has 0 unspecified atom stereocenters. The molecule has 0 atom stereocenters. The standard InChI is InChI=1S/C16H24N4O/c1-3-12-13(10-17)15(20-19-14(12)4-2)18-16(11-21)8-6-5-7-9-16/h21H,3-9,11H2,1-2H3,(H,18,20). The van der Waals surface area contributed by atoms with Crippen molar-refractivity contribution in [1.29, 1.82) is 5.26 Å². The van der Waals surface area contributed by atoms with Gasteiger partial charge in [0.15, 0.2) is 5.82 Å². The van der Waals surface area contributed by atoms with Crippen molar-refractivity contribution in [3.05, 3.63) is 16.8 Å². The number of rotatable bonds is 5. The zero-order chi connectivity index (χ0) is 15.3. The molecule has 0 saturated heterocycles. The molecule has 0 bridgehead atoms. The summed E-state index contributed by atoms with van der Waals surface area (Å²) in [5.41, 5.74) is 2.10. The first-order valence-corrected chi connectivity index (χ1v) is 7.87. The first-order valence-electron chi connectivity index (χ1n) is 7.87. The lowest BCUT2D eigenvalue weighted by atomic mass is 9.82. The Morgan fingerprint density at radius 2 is 1.90 bits per heavy atom. The second kappa shape index (κ2) is 6.86. The van der Waals surface area contributed by atoms with E-state index < -0.39 is 0 Å². The highest BCUT2D eigenvalue weighted by molar-refractivity contribution is 5.57. The molecular weight excluding hydrogens is 264 g/mol. The van der Waals surface area contributed by atoms with E-state index >= 15 is 0 Å². The van der Waals surface area contributed by atoms with Crippen molar-refractivity contribution in [3.8, 4) is 6.07 Å². The van der Waals surface area contributed by atoms with Gasteiger partial charge in [-0.1, -0.05) is 33.1 Å². The Balaban J connectivity index is 2.37. The van der Waals surface area contributed by atoms with Gasteiger partial charge in [0.1, 0.15) is 11.6 Å². The van der Waals surface area contributed by atoms with Crippen molar-refractivity contribution in [3.63, 3.8) is 0 Å². The van der Waals surface area contributed by atoms with Crippen LogP contribution < -0.4 is 5.32 Å². The number of nitriles is 1. The van der Waals surface area contributed by atoms with Gasteiger partial charge in [-0.15, -0.1) is 5.10 Å². The van der Waals surface area contributed by atoms with E-state index in [-0.39, 0.29) is 12.1 Å². The second-order valence-corrected chi connectivity index (χ2v) is 5.79. The molecule has 114 valence electrons. The molecule has 1 aliphatic rings. The van der Waals surface area contributed by atoms with Gasteiger partial charge in [-0.25, -0.2) is 0 Å². The van der Waals surface area contributed by atoms with Crippen molar-refractivity contribution in [2.75, 3.05) is 11.9 Å². The van der Waals surface area contributed by atoms with Gasteiger partial charge in [0.05, 0.1) is 17.8 Å². The van der Waals surface area contributed by atoms with E-state index in [9.17, 15) is 10.4 Å². The highest BCUT2D eigenvalue weighted by atomic mass is 16.3. The minimum absolute atomic E-state index is 0.0660. The van der Waals surface area contributed by atoms with E-state index in [1.54, 1.807) is 0 Å². The van der Waals surface area contributed by atoms with E-state index in [1.807, 2.05) is 13.8 Å². The number of anilines is 1. The van der Waals surface area contributed by atoms with Crippen LogP contribution in [0.1, 0.15) is 62.8 Å². The molecule has 21 heavy (non-hydrogen) atoms. The summed E-state index contributed by atoms with van der Waals surface area (Å²) in [6, 6.07) is 2.27. The molecular formula is C16H24N4O. The molecule has 1 aliphatic carbocycles. The molecule has 1 saturated carbocycles. The zero-order valence-electron chi connectivity index (χ0n) is 12.9. The topological polar surface area (TPSA) is 81.8 Å². The van der Waals surface area contributed by atoms with Crippen LogP contribution in [0.3, 0.4) is 0 Å². The van der Waals surface area contributed by atoms with Crippen molar-refractivity contribution in [2.45, 2.75) is 64.3 Å². The van der Waals surface area contributed by atoms with Crippen LogP contribution >= 0.6 is 0 Å². The van der Waals surface area contributed by atoms with Gasteiger partial charge in [0.2, 0.25) is 0 Å². The van der Waals surface area contributed by atoms with E-state index in [0.29, 0.717) is 11.4 Å². The Morgan fingerprint density at radius 3 is 2.43 bits per heavy atom. The Morgan fingerprint density at radius 1 is 1.19 bits per heavy atom. The average molecular weight is 288 g/mol. The Bertz CT molecular complexity index is 530. The second-order valence-electron chi connectivity index (χ2n) is 5.79.